The van der Waals surface area contributed by atoms with Gasteiger partial charge in [-0.2, -0.15) is 0 Å². The quantitative estimate of drug-likeness (QED) is 0.0153. The molecule has 4 aliphatic rings. The van der Waals surface area contributed by atoms with Crippen molar-refractivity contribution in [1.29, 1.82) is 0 Å². The van der Waals surface area contributed by atoms with Gasteiger partial charge in [0.25, 0.3) is 5.97 Å². The summed E-state index contributed by atoms with van der Waals surface area (Å²) in [4.78, 5) is 106. The number of morpholine rings is 3. The van der Waals surface area contributed by atoms with E-state index < -0.39 is 36.2 Å². The minimum atomic E-state index is -0.833. The number of hydrogen-bond acceptors (Lipinski definition) is 28. The predicted molar refractivity (Wildman–Crippen MR) is 576 cm³/mol. The van der Waals surface area contributed by atoms with Gasteiger partial charge in [0.2, 0.25) is 0 Å². The van der Waals surface area contributed by atoms with Crippen molar-refractivity contribution in [3.63, 3.8) is 0 Å². The molecule has 33 nitrogen and oxygen atoms in total. The van der Waals surface area contributed by atoms with Crippen LogP contribution in [0.3, 0.4) is 0 Å². The van der Waals surface area contributed by atoms with E-state index in [0.29, 0.717) is 64.6 Å². The first-order valence-electron chi connectivity index (χ1n) is 48.6. The number of nitrogens with one attached hydrogen (secondary N) is 1. The first-order valence-corrected chi connectivity index (χ1v) is 49.4. The van der Waals surface area contributed by atoms with E-state index in [-0.39, 0.29) is 169 Å². The number of carbonyl (C=O) groups excluding carboxylic acids is 6. The Morgan fingerprint density at radius 2 is 0.772 bits per heavy atom. The Bertz CT molecular complexity index is 6100. The van der Waals surface area contributed by atoms with Crippen LogP contribution in [-0.2, 0) is 69.0 Å². The molecular formula is C110H151B2BrN11Na2O22Ti. The zero-order valence-electron chi connectivity index (χ0n) is 93.0. The minimum Gasteiger partial charge on any atom is -1.00 e. The van der Waals surface area contributed by atoms with Gasteiger partial charge in [-0.3, -0.25) is 34.2 Å². The number of halogens is 1. The zero-order chi connectivity index (χ0) is 107. The number of Topliss-reactive ketones (excluding diaryl/α,β-unsaturated/α-hetero) is 2. The van der Waals surface area contributed by atoms with Crippen molar-refractivity contribution in [3.05, 3.63) is 249 Å². The van der Waals surface area contributed by atoms with E-state index in [4.69, 9.17) is 72.8 Å². The number of aromatic nitrogens is 8. The molecule has 149 heavy (non-hydrogen) atoms. The molecule has 0 aliphatic carbocycles. The Morgan fingerprint density at radius 3 is 1.08 bits per heavy atom. The second-order valence-electron chi connectivity index (χ2n) is 36.8. The number of carboxylic acids is 1. The molecule has 1 unspecified atom stereocenters. The van der Waals surface area contributed by atoms with Crippen molar-refractivity contribution in [3.8, 4) is 33.8 Å². The summed E-state index contributed by atoms with van der Waals surface area (Å²) in [5.74, 6) is -2.51. The number of hydrogen-bond donors (Lipinski definition) is 6. The fourth-order valence-corrected chi connectivity index (χ4v) is 15.4. The second kappa shape index (κ2) is 68.0. The van der Waals surface area contributed by atoms with Gasteiger partial charge in [0.05, 0.1) is 138 Å². The molecule has 0 aromatic carbocycles. The molecule has 12 aromatic heterocycles. The monoisotopic (exact) mass is 2170 g/mol. The van der Waals surface area contributed by atoms with Gasteiger partial charge in [-0.25, -0.2) is 24.2 Å². The van der Waals surface area contributed by atoms with Gasteiger partial charge >= 0.3 is 90.1 Å². The summed E-state index contributed by atoms with van der Waals surface area (Å²) >= 11 is 3.20. The minimum absolute atomic E-state index is 0. The van der Waals surface area contributed by atoms with E-state index in [1.807, 2.05) is 189 Å². The van der Waals surface area contributed by atoms with Crippen LogP contribution in [0, 0.1) is 27.7 Å². The van der Waals surface area contributed by atoms with Gasteiger partial charge in [-0.1, -0.05) is 30.8 Å². The van der Waals surface area contributed by atoms with Gasteiger partial charge in [-0.15, -0.1) is 0 Å². The van der Waals surface area contributed by atoms with Crippen molar-refractivity contribution in [1.82, 2.24) is 52.7 Å². The van der Waals surface area contributed by atoms with Crippen molar-refractivity contribution in [2.45, 2.75) is 234 Å². The summed E-state index contributed by atoms with van der Waals surface area (Å²) in [6, 6.07) is 38.5. The van der Waals surface area contributed by atoms with Gasteiger partial charge in [0.1, 0.15) is 4.60 Å². The van der Waals surface area contributed by atoms with E-state index in [9.17, 15) is 28.8 Å². The van der Waals surface area contributed by atoms with E-state index in [1.165, 1.54) is 13.8 Å². The average molecular weight is 2170 g/mol. The Morgan fingerprint density at radius 1 is 0.463 bits per heavy atom. The van der Waals surface area contributed by atoms with Crippen LogP contribution in [0.2, 0.25) is 0 Å². The third kappa shape index (κ3) is 42.9. The van der Waals surface area contributed by atoms with Crippen LogP contribution >= 0.6 is 15.9 Å². The van der Waals surface area contributed by atoms with Crippen molar-refractivity contribution in [2.24, 2.45) is 0 Å². The zero-order valence-corrected chi connectivity index (χ0v) is 99.2. The molecule has 0 bridgehead atoms. The summed E-state index contributed by atoms with van der Waals surface area (Å²) in [6.45, 7) is 61.4. The fraction of sp³-hybridized carbons (Fsp3) is 0.445. The van der Waals surface area contributed by atoms with Crippen molar-refractivity contribution < 1.29 is 189 Å². The number of pyridine rings is 8. The number of esters is 4. The summed E-state index contributed by atoms with van der Waals surface area (Å²) in [6.07, 6.45) is 13.9. The van der Waals surface area contributed by atoms with Crippen LogP contribution in [0.15, 0.2) is 182 Å². The van der Waals surface area contributed by atoms with Gasteiger partial charge < -0.3 is 103 Å². The third-order valence-electron chi connectivity index (χ3n) is 22.0. The number of nitrogens with zero attached hydrogens (tertiary/aromatic N) is 10. The molecule has 12 aromatic rings. The molecule has 16 rings (SSSR count). The molecule has 16 heterocycles. The first-order chi connectivity index (χ1) is 68.0. The molecule has 4 aliphatic heterocycles. The first kappa shape index (κ1) is 138. The normalized spacial score (nSPS) is 13.7. The standard InChI is InChI=1S/C24H29N3O3.C24H27N3O3.C20H26BNO5.C19H18N2O3.C5H4BrN.C4H9NO.4C3H8O.C2H4O2.B.2Na.H2O.Ti.H/c2*1-16(2)30-24(28)21-14-20-13-19(22-7-5-6-8-25-22)15-27(20)23(17(21)3)18(4)26-9-11-29-12-10-26;1-8-25-18(24)16-10-15-9-14(11-22(15)17(12(16)2)13(3)23)21-26-19(4,5)20(6,7)27-21;1-4-24-19(23)16-10-15-9-14(17-7-5-6-8-20-17)11-21(15)18(12(16)2)13(3)22;6-5-3-1-2-4-7-5;1-3-6-4-2-5-1;4*1-3(2)4;1-2(3)4;;;;;;/h5-8,13-16,18H,9-12H2,1-4H3;5-8,13-16H,4,9-12H2,1-3H3;9-11H,8H2,1-7H3;5-11H,4H2,1-3H3;1-4H;5H,1-4H2;4*3-4H,1-2H3;1H3,(H,3,4);;;;1H2;;/q;;;;;;;;;;;;2*+1;;;-1/p-1. The number of fused-ring (bicyclic) bond motifs is 4. The molecule has 4 saturated heterocycles. The van der Waals surface area contributed by atoms with Crippen LogP contribution in [0.1, 0.15) is 256 Å². The molecular weight excluding hydrogens is 2020 g/mol. The molecule has 4 fully saturated rings. The molecule has 39 heteroatoms. The summed E-state index contributed by atoms with van der Waals surface area (Å²) < 4.78 is 58.4. The number of rotatable bonds is 18. The maximum absolute atomic E-state index is 12.9. The van der Waals surface area contributed by atoms with Crippen LogP contribution in [0.25, 0.3) is 61.5 Å². The van der Waals surface area contributed by atoms with Crippen LogP contribution < -0.4 is 69.9 Å². The van der Waals surface area contributed by atoms with Crippen LogP contribution in [0.5, 0.6) is 0 Å². The predicted octanol–water partition coefficient (Wildman–Crippen LogP) is 11.7. The van der Waals surface area contributed by atoms with Crippen LogP contribution in [-0.4, -0.2) is 275 Å². The molecule has 797 valence electrons. The smallest absolute Gasteiger partial charge is 1.00 e. The third-order valence-corrected chi connectivity index (χ3v) is 22.4. The Hall–Kier alpha value is -9.29. The number of aliphatic hydroxyl groups excluding tert-OH is 4. The Labute approximate surface area is 949 Å². The molecule has 0 amide bonds. The van der Waals surface area contributed by atoms with Crippen LogP contribution in [0.4, 0.5) is 0 Å². The van der Waals surface area contributed by atoms with Crippen molar-refractivity contribution in [2.75, 3.05) is 92.1 Å². The largest absolute Gasteiger partial charge is 1.00 e. The Kier molecular flexibility index (Phi) is 62.8. The van der Waals surface area contributed by atoms with Crippen molar-refractivity contribution >= 4 is 106 Å². The fourth-order valence-electron chi connectivity index (χ4n) is 15.1. The molecule has 7 N–H and O–H groups in total. The second-order valence-corrected chi connectivity index (χ2v) is 37.6. The SMILES string of the molecule is Brc1ccccn1.C1COCCN1.C=C(c1c(C)c(C(=O)OC(C)C)cc2cc(-c3ccccn3)cn12)N1CCOCC1.CC(=O)O.CC(C)O.CC(C)O.CC(C)O.CC(C)O.CCOC(=O)c1cc2cc(-c3ccccn3)cn2c(C(C)=O)c1C.CCOC(=O)c1cc2cc(B3OC(C)(C)C(C)(C)O3)cn2c(C(C)=O)c1C.Cc1c(C(=O)OC(C)C)cc2cc(-c3ccccn3)cn2c1C(C)N1CCOCC1.[B].[H-].[Na+].[Na+].[OH-].[Ti]. The maximum Gasteiger partial charge on any atom is 1.00 e. The maximum atomic E-state index is 12.9. The van der Waals surface area contributed by atoms with E-state index in [1.54, 1.807) is 124 Å². The van der Waals surface area contributed by atoms with E-state index in [2.05, 4.69) is 91.7 Å². The molecule has 1 atom stereocenters. The molecule has 3 radical (unpaired) electrons. The molecule has 0 saturated carbocycles. The van der Waals surface area contributed by atoms with Gasteiger partial charge in [0, 0.05) is 220 Å². The Balaban J connectivity index is 0.00000177. The number of ether oxygens (including phenoxy) is 7. The van der Waals surface area contributed by atoms with E-state index in [0.717, 1.165) is 167 Å². The number of ketones is 2. The number of carbonyl (C=O) groups is 7. The summed E-state index contributed by atoms with van der Waals surface area (Å²) in [5.41, 5.74) is 17.6. The molecule has 0 spiro atoms. The summed E-state index contributed by atoms with van der Waals surface area (Å²) in [5, 5.41) is 42.8. The average Bonchev–Trinajstić information content (AvgIpc) is 1.60. The topological polar surface area (TPSA) is 421 Å². The van der Waals surface area contributed by atoms with Gasteiger partial charge in [-0.05, 0) is 294 Å². The summed E-state index contributed by atoms with van der Waals surface area (Å²) in [7, 11) is -0.541. The number of carboxylic acid groups (broad SMARTS) is 1. The van der Waals surface area contributed by atoms with E-state index >= 15 is 0 Å². The number of aliphatic carboxylic acids is 1. The number of aliphatic hydroxyl groups is 4. The van der Waals surface area contributed by atoms with Gasteiger partial charge in [0.15, 0.2) is 11.6 Å².